The Morgan fingerprint density at radius 2 is 1.65 bits per heavy atom. The molecule has 1 saturated carbocycles. The second kappa shape index (κ2) is 15.1. The molecule has 1 aromatic carbocycles. The topological polar surface area (TPSA) is 129 Å². The number of carbonyl (C=O) groups excluding carboxylic acids is 4. The number of piperazine rings is 1. The molecule has 1 saturated heterocycles. The number of nitrogens with one attached hydrogen (secondary N) is 3. The second-order valence-corrected chi connectivity index (χ2v) is 12.2. The summed E-state index contributed by atoms with van der Waals surface area (Å²) in [5, 5.41) is 12.1. The summed E-state index contributed by atoms with van der Waals surface area (Å²) in [7, 11) is 1.97. The molecular formula is C32H44F3N7O4. The maximum Gasteiger partial charge on any atom is 0.248 e. The summed E-state index contributed by atoms with van der Waals surface area (Å²) in [5.41, 5.74) is 0.231. The summed E-state index contributed by atoms with van der Waals surface area (Å²) in [6.07, 6.45) is 0.667. The molecule has 1 aliphatic heterocycles. The van der Waals surface area contributed by atoms with Gasteiger partial charge in [0.1, 0.15) is 23.6 Å². The Hall–Kier alpha value is -3.94. The van der Waals surface area contributed by atoms with E-state index in [-0.39, 0.29) is 36.8 Å². The highest BCUT2D eigenvalue weighted by Gasteiger charge is 2.43. The monoisotopic (exact) mass is 647 g/mol. The number of nitrogens with zero attached hydrogens (tertiary/aromatic N) is 4. The SMILES string of the molecule is CCC(=O)N[C@@H](C(=O)N1CCN(C)CC1)[C@@H](C)c1ccc(NC(=O)[C@@H](C(=O)Nc2ccnn2CC)C2CCC(F)(F)CC2)c(F)c1. The van der Waals surface area contributed by atoms with Crippen LogP contribution in [0.3, 0.4) is 0 Å². The van der Waals surface area contributed by atoms with E-state index in [0.717, 1.165) is 0 Å². The van der Waals surface area contributed by atoms with Gasteiger partial charge in [0.05, 0.1) is 11.9 Å². The molecule has 11 nitrogen and oxygen atoms in total. The van der Waals surface area contributed by atoms with E-state index in [1.807, 2.05) is 14.0 Å². The van der Waals surface area contributed by atoms with Crippen LogP contribution in [-0.2, 0) is 25.7 Å². The molecule has 252 valence electrons. The third kappa shape index (κ3) is 8.45. The van der Waals surface area contributed by atoms with Crippen LogP contribution >= 0.6 is 0 Å². The van der Waals surface area contributed by atoms with Crippen LogP contribution in [0.2, 0.25) is 0 Å². The number of carbonyl (C=O) groups is 4. The predicted octanol–water partition coefficient (Wildman–Crippen LogP) is 3.83. The Bertz CT molecular complexity index is 1400. The average molecular weight is 648 g/mol. The van der Waals surface area contributed by atoms with Gasteiger partial charge in [-0.3, -0.25) is 19.2 Å². The van der Waals surface area contributed by atoms with Gasteiger partial charge >= 0.3 is 0 Å². The number of alkyl halides is 2. The van der Waals surface area contributed by atoms with Crippen molar-refractivity contribution in [1.82, 2.24) is 24.9 Å². The Kier molecular flexibility index (Phi) is 11.5. The summed E-state index contributed by atoms with van der Waals surface area (Å²) in [4.78, 5) is 56.7. The Morgan fingerprint density at radius 1 is 1.00 bits per heavy atom. The molecule has 0 unspecified atom stereocenters. The number of halogens is 3. The van der Waals surface area contributed by atoms with E-state index in [2.05, 4.69) is 25.9 Å². The van der Waals surface area contributed by atoms with Gasteiger partial charge in [0.2, 0.25) is 29.6 Å². The van der Waals surface area contributed by atoms with Crippen molar-refractivity contribution in [3.63, 3.8) is 0 Å². The van der Waals surface area contributed by atoms with Gasteiger partial charge in [-0.05, 0) is 50.4 Å². The van der Waals surface area contributed by atoms with Gasteiger partial charge in [-0.2, -0.15) is 5.10 Å². The Labute approximate surface area is 267 Å². The van der Waals surface area contributed by atoms with Crippen molar-refractivity contribution < 1.29 is 32.3 Å². The highest BCUT2D eigenvalue weighted by molar-refractivity contribution is 6.11. The maximum atomic E-state index is 15.6. The molecule has 3 N–H and O–H groups in total. The summed E-state index contributed by atoms with van der Waals surface area (Å²) in [5.74, 6) is -8.02. The van der Waals surface area contributed by atoms with Gasteiger partial charge in [0.25, 0.3) is 0 Å². The summed E-state index contributed by atoms with van der Waals surface area (Å²) < 4.78 is 45.0. The number of hydrogen-bond donors (Lipinski definition) is 3. The molecule has 4 amide bonds. The van der Waals surface area contributed by atoms with Gasteiger partial charge in [-0.25, -0.2) is 17.9 Å². The minimum Gasteiger partial charge on any atom is -0.344 e. The number of aryl methyl sites for hydroxylation is 1. The van der Waals surface area contributed by atoms with Crippen molar-refractivity contribution in [2.45, 2.75) is 77.3 Å². The number of likely N-dealkylation sites (N-methyl/N-ethyl adjacent to an activating group) is 1. The zero-order valence-electron chi connectivity index (χ0n) is 26.8. The van der Waals surface area contributed by atoms with Crippen LogP contribution in [-0.4, -0.2) is 88.4 Å². The van der Waals surface area contributed by atoms with Crippen molar-refractivity contribution in [2.75, 3.05) is 43.9 Å². The molecule has 2 fully saturated rings. The largest absolute Gasteiger partial charge is 0.344 e. The normalized spacial score (nSPS) is 19.2. The Morgan fingerprint density at radius 3 is 2.26 bits per heavy atom. The van der Waals surface area contributed by atoms with Crippen molar-refractivity contribution in [1.29, 1.82) is 0 Å². The lowest BCUT2D eigenvalue weighted by atomic mass is 9.77. The standard InChI is InChI=1S/C32H44F3N7O4/c1-5-26(43)39-28(31(46)41-17-15-40(4)16-18-41)20(3)22-7-8-24(23(33)19-22)37-29(44)27(21-9-12-32(34,35)13-10-21)30(45)38-25-11-14-36-42(25)6-2/h7-8,11,14,19-21,27-28H,5-6,9-10,12-13,15-18H2,1-4H3,(H,37,44)(H,38,45)(H,39,43)/t20-,27-,28+/m0/s1. The lowest BCUT2D eigenvalue weighted by molar-refractivity contribution is -0.138. The molecule has 4 rings (SSSR count). The molecule has 2 aromatic rings. The number of benzene rings is 1. The van der Waals surface area contributed by atoms with E-state index in [1.165, 1.54) is 23.0 Å². The molecule has 1 aliphatic carbocycles. The molecule has 2 heterocycles. The second-order valence-electron chi connectivity index (χ2n) is 12.2. The van der Waals surface area contributed by atoms with Gasteiger partial charge in [0, 0.05) is 64.0 Å². The van der Waals surface area contributed by atoms with Crippen molar-refractivity contribution in [3.8, 4) is 0 Å². The fourth-order valence-electron chi connectivity index (χ4n) is 6.06. The van der Waals surface area contributed by atoms with Crippen molar-refractivity contribution >= 4 is 35.1 Å². The van der Waals surface area contributed by atoms with Gasteiger partial charge < -0.3 is 25.8 Å². The maximum absolute atomic E-state index is 15.6. The van der Waals surface area contributed by atoms with Crippen LogP contribution in [0.4, 0.5) is 24.7 Å². The van der Waals surface area contributed by atoms with E-state index in [4.69, 9.17) is 0 Å². The van der Waals surface area contributed by atoms with Crippen LogP contribution < -0.4 is 16.0 Å². The zero-order chi connectivity index (χ0) is 33.6. The third-order valence-electron chi connectivity index (χ3n) is 9.06. The summed E-state index contributed by atoms with van der Waals surface area (Å²) >= 11 is 0. The molecule has 0 bridgehead atoms. The molecule has 1 aromatic heterocycles. The van der Waals surface area contributed by atoms with E-state index in [1.54, 1.807) is 30.9 Å². The van der Waals surface area contributed by atoms with Crippen LogP contribution in [0, 0.1) is 17.7 Å². The zero-order valence-corrected chi connectivity index (χ0v) is 26.8. The molecule has 3 atom stereocenters. The fourth-order valence-corrected chi connectivity index (χ4v) is 6.06. The molecule has 0 radical (unpaired) electrons. The highest BCUT2D eigenvalue weighted by atomic mass is 19.3. The van der Waals surface area contributed by atoms with Crippen LogP contribution in [0.15, 0.2) is 30.5 Å². The summed E-state index contributed by atoms with van der Waals surface area (Å²) in [6, 6.07) is 4.73. The van der Waals surface area contributed by atoms with E-state index < -0.39 is 60.2 Å². The minimum atomic E-state index is -2.87. The predicted molar refractivity (Wildman–Crippen MR) is 167 cm³/mol. The van der Waals surface area contributed by atoms with Gasteiger partial charge in [-0.1, -0.05) is 19.9 Å². The Balaban J connectivity index is 1.53. The first kappa shape index (κ1) is 34.9. The summed E-state index contributed by atoms with van der Waals surface area (Å²) in [6.45, 7) is 8.09. The van der Waals surface area contributed by atoms with Crippen LogP contribution in [0.25, 0.3) is 0 Å². The highest BCUT2D eigenvalue weighted by Crippen LogP contribution is 2.40. The fraction of sp³-hybridized carbons (Fsp3) is 0.594. The number of aromatic nitrogens is 2. The van der Waals surface area contributed by atoms with Crippen LogP contribution in [0.1, 0.15) is 64.4 Å². The smallest absolute Gasteiger partial charge is 0.248 e. The average Bonchev–Trinajstić information content (AvgIpc) is 3.48. The van der Waals surface area contributed by atoms with Crippen molar-refractivity contribution in [2.24, 2.45) is 11.8 Å². The number of rotatable bonds is 11. The first-order valence-electron chi connectivity index (χ1n) is 15.9. The van der Waals surface area contributed by atoms with E-state index in [9.17, 15) is 28.0 Å². The first-order chi connectivity index (χ1) is 21.8. The molecule has 2 aliphatic rings. The number of amides is 4. The number of anilines is 2. The van der Waals surface area contributed by atoms with Crippen molar-refractivity contribution in [3.05, 3.63) is 41.8 Å². The molecule has 0 spiro atoms. The molecular weight excluding hydrogens is 603 g/mol. The lowest BCUT2D eigenvalue weighted by Crippen LogP contribution is -2.55. The third-order valence-corrected chi connectivity index (χ3v) is 9.06. The quantitative estimate of drug-likeness (QED) is 0.318. The van der Waals surface area contributed by atoms with Crippen LogP contribution in [0.5, 0.6) is 0 Å². The molecule has 14 heteroatoms. The van der Waals surface area contributed by atoms with E-state index in [0.29, 0.717) is 44.1 Å². The van der Waals surface area contributed by atoms with Gasteiger partial charge in [0.15, 0.2) is 0 Å². The van der Waals surface area contributed by atoms with E-state index >= 15 is 4.39 Å². The lowest BCUT2D eigenvalue weighted by Gasteiger charge is -2.36. The molecule has 46 heavy (non-hydrogen) atoms. The first-order valence-corrected chi connectivity index (χ1v) is 15.9. The number of hydrogen-bond acceptors (Lipinski definition) is 6. The minimum absolute atomic E-state index is 0.0450. The van der Waals surface area contributed by atoms with Gasteiger partial charge in [-0.15, -0.1) is 0 Å².